The predicted octanol–water partition coefficient (Wildman–Crippen LogP) is 3.69. The van der Waals surface area contributed by atoms with Gasteiger partial charge >= 0.3 is 5.97 Å². The Labute approximate surface area is 143 Å². The molecule has 0 saturated carbocycles. The van der Waals surface area contributed by atoms with Gasteiger partial charge in [0.2, 0.25) is 5.91 Å². The van der Waals surface area contributed by atoms with Gasteiger partial charge in [-0.3, -0.25) is 4.79 Å². The summed E-state index contributed by atoms with van der Waals surface area (Å²) < 4.78 is 5.38. The SMILES string of the molecule is Cc1oc(CN(C)C(=O)CSc2ccccc2Cl)cc1C(=O)O. The van der Waals surface area contributed by atoms with E-state index in [9.17, 15) is 9.59 Å². The Bertz CT molecular complexity index is 729. The molecule has 1 amide bonds. The van der Waals surface area contributed by atoms with Gasteiger partial charge in [-0.15, -0.1) is 11.8 Å². The Morgan fingerprint density at radius 1 is 1.35 bits per heavy atom. The highest BCUT2D eigenvalue weighted by Gasteiger charge is 2.17. The first-order valence-electron chi connectivity index (χ1n) is 6.82. The molecule has 0 aliphatic carbocycles. The average molecular weight is 354 g/mol. The molecule has 122 valence electrons. The summed E-state index contributed by atoms with van der Waals surface area (Å²) >= 11 is 7.41. The summed E-state index contributed by atoms with van der Waals surface area (Å²) in [6.45, 7) is 1.80. The van der Waals surface area contributed by atoms with Gasteiger partial charge in [0.25, 0.3) is 0 Å². The molecular formula is C16H16ClNO4S. The van der Waals surface area contributed by atoms with Crippen LogP contribution in [0.2, 0.25) is 5.02 Å². The fourth-order valence-corrected chi connectivity index (χ4v) is 3.15. The summed E-state index contributed by atoms with van der Waals surface area (Å²) in [6.07, 6.45) is 0. The number of hydrogen-bond acceptors (Lipinski definition) is 4. The maximum atomic E-state index is 12.2. The molecule has 1 aromatic carbocycles. The zero-order valence-electron chi connectivity index (χ0n) is 12.7. The Balaban J connectivity index is 1.94. The monoisotopic (exact) mass is 353 g/mol. The number of hydrogen-bond donors (Lipinski definition) is 1. The number of rotatable bonds is 6. The molecular weight excluding hydrogens is 338 g/mol. The lowest BCUT2D eigenvalue weighted by Gasteiger charge is -2.15. The van der Waals surface area contributed by atoms with Crippen LogP contribution in [-0.2, 0) is 11.3 Å². The number of aromatic carboxylic acids is 1. The molecule has 0 saturated heterocycles. The maximum Gasteiger partial charge on any atom is 0.339 e. The Morgan fingerprint density at radius 2 is 2.04 bits per heavy atom. The molecule has 5 nitrogen and oxygen atoms in total. The van der Waals surface area contributed by atoms with E-state index in [1.807, 2.05) is 18.2 Å². The highest BCUT2D eigenvalue weighted by molar-refractivity contribution is 8.00. The van der Waals surface area contributed by atoms with Crippen LogP contribution < -0.4 is 0 Å². The van der Waals surface area contributed by atoms with Crippen LogP contribution in [0, 0.1) is 6.92 Å². The quantitative estimate of drug-likeness (QED) is 0.802. The Kier molecular flexibility index (Phi) is 5.74. The zero-order valence-corrected chi connectivity index (χ0v) is 14.3. The molecule has 0 spiro atoms. The third kappa shape index (κ3) is 4.53. The van der Waals surface area contributed by atoms with Gasteiger partial charge < -0.3 is 14.4 Å². The summed E-state index contributed by atoms with van der Waals surface area (Å²) in [5.41, 5.74) is 0.117. The minimum atomic E-state index is -1.04. The fraction of sp³-hybridized carbons (Fsp3) is 0.250. The smallest absolute Gasteiger partial charge is 0.339 e. The van der Waals surface area contributed by atoms with Crippen molar-refractivity contribution < 1.29 is 19.1 Å². The second-order valence-electron chi connectivity index (χ2n) is 4.96. The van der Waals surface area contributed by atoms with Crippen molar-refractivity contribution in [2.75, 3.05) is 12.8 Å². The van der Waals surface area contributed by atoms with Crippen LogP contribution in [0.3, 0.4) is 0 Å². The van der Waals surface area contributed by atoms with Crippen LogP contribution in [-0.4, -0.2) is 34.7 Å². The molecule has 0 aliphatic rings. The number of nitrogens with zero attached hydrogens (tertiary/aromatic N) is 1. The predicted molar refractivity (Wildman–Crippen MR) is 89.1 cm³/mol. The first-order chi connectivity index (χ1) is 10.9. The topological polar surface area (TPSA) is 70.8 Å². The molecule has 0 atom stereocenters. The van der Waals surface area contributed by atoms with E-state index >= 15 is 0 Å². The first-order valence-corrected chi connectivity index (χ1v) is 8.18. The number of carboxylic acids is 1. The summed E-state index contributed by atoms with van der Waals surface area (Å²) in [7, 11) is 1.65. The van der Waals surface area contributed by atoms with Crippen LogP contribution in [0.25, 0.3) is 0 Å². The number of benzene rings is 1. The summed E-state index contributed by atoms with van der Waals surface area (Å²) in [4.78, 5) is 25.5. The van der Waals surface area contributed by atoms with E-state index in [1.54, 1.807) is 20.0 Å². The van der Waals surface area contributed by atoms with Crippen molar-refractivity contribution in [2.45, 2.75) is 18.4 Å². The van der Waals surface area contributed by atoms with Crippen molar-refractivity contribution in [1.29, 1.82) is 0 Å². The van der Waals surface area contributed by atoms with Gasteiger partial charge in [-0.1, -0.05) is 23.7 Å². The van der Waals surface area contributed by atoms with Gasteiger partial charge in [-0.25, -0.2) is 4.79 Å². The lowest BCUT2D eigenvalue weighted by molar-refractivity contribution is -0.127. The molecule has 1 heterocycles. The minimum absolute atomic E-state index is 0.0964. The number of thioether (sulfide) groups is 1. The maximum absolute atomic E-state index is 12.2. The van der Waals surface area contributed by atoms with Gasteiger partial charge in [0, 0.05) is 11.9 Å². The van der Waals surface area contributed by atoms with Crippen LogP contribution in [0.4, 0.5) is 0 Å². The lowest BCUT2D eigenvalue weighted by Crippen LogP contribution is -2.27. The molecule has 2 rings (SSSR count). The van der Waals surface area contributed by atoms with Gasteiger partial charge in [-0.2, -0.15) is 0 Å². The first kappa shape index (κ1) is 17.4. The molecule has 0 bridgehead atoms. The number of aryl methyl sites for hydroxylation is 1. The molecule has 0 aliphatic heterocycles. The molecule has 23 heavy (non-hydrogen) atoms. The van der Waals surface area contributed by atoms with E-state index in [1.165, 1.54) is 22.7 Å². The highest BCUT2D eigenvalue weighted by atomic mass is 35.5. The molecule has 1 aromatic heterocycles. The zero-order chi connectivity index (χ0) is 17.0. The summed E-state index contributed by atoms with van der Waals surface area (Å²) in [5.74, 6) is -0.120. The van der Waals surface area contributed by atoms with Crippen LogP contribution >= 0.6 is 23.4 Å². The van der Waals surface area contributed by atoms with Crippen LogP contribution in [0.1, 0.15) is 21.9 Å². The number of carboxylic acid groups (broad SMARTS) is 1. The van der Waals surface area contributed by atoms with Gasteiger partial charge in [0.05, 0.1) is 17.3 Å². The second kappa shape index (κ2) is 7.57. The van der Waals surface area contributed by atoms with Gasteiger partial charge in [0.15, 0.2) is 0 Å². The Hall–Kier alpha value is -1.92. The molecule has 0 fully saturated rings. The molecule has 1 N–H and O–H groups in total. The van der Waals surface area contributed by atoms with Crippen molar-refractivity contribution in [3.63, 3.8) is 0 Å². The van der Waals surface area contributed by atoms with Gasteiger partial charge in [-0.05, 0) is 25.1 Å². The third-order valence-corrected chi connectivity index (χ3v) is 4.71. The minimum Gasteiger partial charge on any atom is -0.478 e. The normalized spacial score (nSPS) is 10.6. The van der Waals surface area contributed by atoms with Crippen molar-refractivity contribution >= 4 is 35.2 Å². The van der Waals surface area contributed by atoms with E-state index in [-0.39, 0.29) is 23.8 Å². The number of halogens is 1. The van der Waals surface area contributed by atoms with E-state index in [4.69, 9.17) is 21.1 Å². The highest BCUT2D eigenvalue weighted by Crippen LogP contribution is 2.26. The van der Waals surface area contributed by atoms with Crippen LogP contribution in [0.15, 0.2) is 39.6 Å². The largest absolute Gasteiger partial charge is 0.478 e. The average Bonchev–Trinajstić information content (AvgIpc) is 2.86. The Morgan fingerprint density at radius 3 is 2.65 bits per heavy atom. The van der Waals surface area contributed by atoms with Crippen molar-refractivity contribution in [1.82, 2.24) is 4.90 Å². The lowest BCUT2D eigenvalue weighted by atomic mass is 10.2. The van der Waals surface area contributed by atoms with E-state index in [2.05, 4.69) is 0 Å². The molecule has 2 aromatic rings. The summed E-state index contributed by atoms with van der Waals surface area (Å²) in [6, 6.07) is 8.77. The van der Waals surface area contributed by atoms with Crippen molar-refractivity contribution in [3.8, 4) is 0 Å². The van der Waals surface area contributed by atoms with Crippen molar-refractivity contribution in [2.24, 2.45) is 0 Å². The van der Waals surface area contributed by atoms with Crippen molar-refractivity contribution in [3.05, 3.63) is 52.4 Å². The standard InChI is InChI=1S/C16H16ClNO4S/c1-10-12(16(20)21)7-11(22-10)8-18(2)15(19)9-23-14-6-4-3-5-13(14)17/h3-7H,8-9H2,1-2H3,(H,20,21). The molecule has 0 unspecified atom stereocenters. The number of furan rings is 1. The molecule has 7 heteroatoms. The number of amides is 1. The van der Waals surface area contributed by atoms with E-state index in [0.29, 0.717) is 16.5 Å². The van der Waals surface area contributed by atoms with E-state index in [0.717, 1.165) is 4.90 Å². The number of carbonyl (C=O) groups excluding carboxylic acids is 1. The molecule has 0 radical (unpaired) electrons. The summed E-state index contributed by atoms with van der Waals surface area (Å²) in [5, 5.41) is 9.61. The van der Waals surface area contributed by atoms with Crippen LogP contribution in [0.5, 0.6) is 0 Å². The van der Waals surface area contributed by atoms with E-state index < -0.39 is 5.97 Å². The van der Waals surface area contributed by atoms with Gasteiger partial charge in [0.1, 0.15) is 17.1 Å². The second-order valence-corrected chi connectivity index (χ2v) is 6.38. The third-order valence-electron chi connectivity index (χ3n) is 3.21. The fourth-order valence-electron chi connectivity index (χ4n) is 1.97. The number of carbonyl (C=O) groups is 2.